The maximum Gasteiger partial charge on any atom is 0.219 e. The number of guanidine groups is 1. The summed E-state index contributed by atoms with van der Waals surface area (Å²) >= 11 is 1.77. The van der Waals surface area contributed by atoms with Gasteiger partial charge in [-0.05, 0) is 13.8 Å². The van der Waals surface area contributed by atoms with E-state index in [2.05, 4.69) is 39.4 Å². The molecule has 2 heterocycles. The molecule has 0 aliphatic carbocycles. The zero-order valence-corrected chi connectivity index (χ0v) is 16.6. The summed E-state index contributed by atoms with van der Waals surface area (Å²) in [5.74, 6) is 1.00. The zero-order valence-electron chi connectivity index (χ0n) is 15.8. The van der Waals surface area contributed by atoms with Gasteiger partial charge in [0.05, 0.1) is 10.7 Å². The third-order valence-corrected chi connectivity index (χ3v) is 5.60. The van der Waals surface area contributed by atoms with Crippen LogP contribution in [0.2, 0.25) is 0 Å². The van der Waals surface area contributed by atoms with Crippen LogP contribution in [0.25, 0.3) is 0 Å². The molecule has 0 saturated carbocycles. The maximum atomic E-state index is 11.3. The van der Waals surface area contributed by atoms with Crippen LogP contribution in [0.4, 0.5) is 0 Å². The van der Waals surface area contributed by atoms with E-state index in [1.54, 1.807) is 25.3 Å². The topological polar surface area (TPSA) is 72.9 Å². The van der Waals surface area contributed by atoms with Gasteiger partial charge in [0.2, 0.25) is 5.91 Å². The SMILES string of the molecule is CN=C(NCCc1nc(C)c(C)s1)NCCN1CCN(C(C)=O)CC1. The average molecular weight is 367 g/mol. The number of piperazine rings is 1. The van der Waals surface area contributed by atoms with Gasteiger partial charge in [-0.15, -0.1) is 11.3 Å². The van der Waals surface area contributed by atoms with Crippen molar-refractivity contribution < 1.29 is 4.79 Å². The summed E-state index contributed by atoms with van der Waals surface area (Å²) in [7, 11) is 1.79. The summed E-state index contributed by atoms with van der Waals surface area (Å²) in [6, 6.07) is 0. The van der Waals surface area contributed by atoms with Gasteiger partial charge in [-0.3, -0.25) is 14.7 Å². The Bertz CT molecular complexity index is 572. The lowest BCUT2D eigenvalue weighted by atomic mass is 10.3. The first-order valence-electron chi connectivity index (χ1n) is 8.85. The van der Waals surface area contributed by atoms with Crippen LogP contribution in [-0.4, -0.2) is 79.5 Å². The molecule has 2 rings (SSSR count). The zero-order chi connectivity index (χ0) is 18.2. The maximum absolute atomic E-state index is 11.3. The fourth-order valence-electron chi connectivity index (χ4n) is 2.77. The van der Waals surface area contributed by atoms with Crippen LogP contribution in [0.3, 0.4) is 0 Å². The summed E-state index contributed by atoms with van der Waals surface area (Å²) in [5, 5.41) is 7.86. The predicted octanol–water partition coefficient (Wildman–Crippen LogP) is 0.632. The van der Waals surface area contributed by atoms with Crippen LogP contribution >= 0.6 is 11.3 Å². The number of nitrogens with zero attached hydrogens (tertiary/aromatic N) is 4. The molecule has 0 radical (unpaired) electrons. The normalized spacial score (nSPS) is 16.2. The van der Waals surface area contributed by atoms with Crippen molar-refractivity contribution in [1.82, 2.24) is 25.4 Å². The van der Waals surface area contributed by atoms with Crippen molar-refractivity contribution in [3.05, 3.63) is 15.6 Å². The van der Waals surface area contributed by atoms with Crippen molar-refractivity contribution in [2.75, 3.05) is 52.9 Å². The van der Waals surface area contributed by atoms with E-state index >= 15 is 0 Å². The Balaban J connectivity index is 1.61. The molecule has 1 aliphatic heterocycles. The Morgan fingerprint density at radius 3 is 2.44 bits per heavy atom. The Morgan fingerprint density at radius 2 is 1.88 bits per heavy atom. The third kappa shape index (κ3) is 6.28. The number of hydrogen-bond acceptors (Lipinski definition) is 5. The smallest absolute Gasteiger partial charge is 0.219 e. The number of aryl methyl sites for hydroxylation is 2. The van der Waals surface area contributed by atoms with Crippen LogP contribution in [0.1, 0.15) is 22.5 Å². The quantitative estimate of drug-likeness (QED) is 0.571. The number of nitrogens with one attached hydrogen (secondary N) is 2. The molecular weight excluding hydrogens is 336 g/mol. The van der Waals surface area contributed by atoms with Crippen molar-refractivity contribution in [2.24, 2.45) is 4.99 Å². The molecule has 7 nitrogen and oxygen atoms in total. The standard InChI is InChI=1S/C17H30N6OS/c1-13-14(2)25-16(21-13)5-6-19-17(18-4)20-7-8-22-9-11-23(12-10-22)15(3)24/h5-12H2,1-4H3,(H2,18,19,20). The first-order chi connectivity index (χ1) is 12.0. The average Bonchev–Trinajstić information content (AvgIpc) is 2.91. The number of aromatic nitrogens is 1. The molecule has 0 aromatic carbocycles. The van der Waals surface area contributed by atoms with Gasteiger partial charge in [-0.25, -0.2) is 4.98 Å². The molecule has 0 spiro atoms. The molecule has 25 heavy (non-hydrogen) atoms. The first kappa shape index (κ1) is 19.7. The van der Waals surface area contributed by atoms with Crippen molar-refractivity contribution >= 4 is 23.2 Å². The van der Waals surface area contributed by atoms with Crippen LogP contribution in [-0.2, 0) is 11.2 Å². The summed E-state index contributed by atoms with van der Waals surface area (Å²) in [4.78, 5) is 25.7. The molecule has 1 aliphatic rings. The molecule has 2 N–H and O–H groups in total. The van der Waals surface area contributed by atoms with Crippen molar-refractivity contribution in [3.63, 3.8) is 0 Å². The van der Waals surface area contributed by atoms with Crippen LogP contribution in [0.5, 0.6) is 0 Å². The fraction of sp³-hybridized carbons (Fsp3) is 0.706. The first-order valence-corrected chi connectivity index (χ1v) is 9.66. The van der Waals surface area contributed by atoms with Gasteiger partial charge in [0.15, 0.2) is 5.96 Å². The molecule has 0 atom stereocenters. The molecule has 1 saturated heterocycles. The molecule has 1 aromatic rings. The van der Waals surface area contributed by atoms with E-state index in [4.69, 9.17) is 0 Å². The van der Waals surface area contributed by atoms with E-state index < -0.39 is 0 Å². The van der Waals surface area contributed by atoms with Crippen LogP contribution in [0, 0.1) is 13.8 Å². The number of carbonyl (C=O) groups is 1. The van der Waals surface area contributed by atoms with Gasteiger partial charge in [0.1, 0.15) is 0 Å². The van der Waals surface area contributed by atoms with Crippen LogP contribution in [0.15, 0.2) is 4.99 Å². The van der Waals surface area contributed by atoms with Gasteiger partial charge in [-0.2, -0.15) is 0 Å². The second-order valence-corrected chi connectivity index (χ2v) is 7.56. The number of rotatable bonds is 6. The van der Waals surface area contributed by atoms with E-state index in [0.717, 1.165) is 63.9 Å². The highest BCUT2D eigenvalue weighted by Crippen LogP contribution is 2.16. The molecule has 0 bridgehead atoms. The lowest BCUT2D eigenvalue weighted by molar-refractivity contribution is -0.130. The molecule has 1 amide bonds. The Morgan fingerprint density at radius 1 is 1.20 bits per heavy atom. The fourth-order valence-corrected chi connectivity index (χ4v) is 3.71. The lowest BCUT2D eigenvalue weighted by Gasteiger charge is -2.34. The van der Waals surface area contributed by atoms with E-state index in [9.17, 15) is 4.79 Å². The van der Waals surface area contributed by atoms with Crippen molar-refractivity contribution in [2.45, 2.75) is 27.2 Å². The number of amides is 1. The van der Waals surface area contributed by atoms with E-state index in [0.29, 0.717) is 0 Å². The van der Waals surface area contributed by atoms with E-state index in [1.807, 2.05) is 4.90 Å². The van der Waals surface area contributed by atoms with Gasteiger partial charge >= 0.3 is 0 Å². The minimum atomic E-state index is 0.174. The minimum absolute atomic E-state index is 0.174. The number of aliphatic imine (C=N–C) groups is 1. The highest BCUT2D eigenvalue weighted by molar-refractivity contribution is 7.11. The van der Waals surface area contributed by atoms with E-state index in [1.165, 1.54) is 9.88 Å². The number of thiazole rings is 1. The summed E-state index contributed by atoms with van der Waals surface area (Å²) in [5.41, 5.74) is 1.13. The second-order valence-electron chi connectivity index (χ2n) is 6.27. The van der Waals surface area contributed by atoms with Gasteiger partial charge in [0, 0.05) is 71.1 Å². The predicted molar refractivity (Wildman–Crippen MR) is 103 cm³/mol. The lowest BCUT2D eigenvalue weighted by Crippen LogP contribution is -2.50. The second kappa shape index (κ2) is 9.72. The monoisotopic (exact) mass is 366 g/mol. The summed E-state index contributed by atoms with van der Waals surface area (Å²) < 4.78 is 0. The molecule has 8 heteroatoms. The summed E-state index contributed by atoms with van der Waals surface area (Å²) in [6.45, 7) is 12.0. The largest absolute Gasteiger partial charge is 0.356 e. The Labute approximate surface area is 154 Å². The van der Waals surface area contributed by atoms with Gasteiger partial charge in [-0.1, -0.05) is 0 Å². The van der Waals surface area contributed by atoms with E-state index in [-0.39, 0.29) is 5.91 Å². The highest BCUT2D eigenvalue weighted by atomic mass is 32.1. The van der Waals surface area contributed by atoms with Crippen molar-refractivity contribution in [3.8, 4) is 0 Å². The van der Waals surface area contributed by atoms with Gasteiger partial charge < -0.3 is 15.5 Å². The Kier molecular flexibility index (Phi) is 7.64. The van der Waals surface area contributed by atoms with Crippen LogP contribution < -0.4 is 10.6 Å². The van der Waals surface area contributed by atoms with Gasteiger partial charge in [0.25, 0.3) is 0 Å². The molecule has 1 aromatic heterocycles. The molecule has 140 valence electrons. The minimum Gasteiger partial charge on any atom is -0.356 e. The third-order valence-electron chi connectivity index (χ3n) is 4.47. The number of carbonyl (C=O) groups excluding carboxylic acids is 1. The highest BCUT2D eigenvalue weighted by Gasteiger charge is 2.17. The summed E-state index contributed by atoms with van der Waals surface area (Å²) in [6.07, 6.45) is 0.910. The number of hydrogen-bond donors (Lipinski definition) is 2. The molecule has 1 fully saturated rings. The Hall–Kier alpha value is -1.67. The molecular formula is C17H30N6OS. The van der Waals surface area contributed by atoms with Crippen molar-refractivity contribution in [1.29, 1.82) is 0 Å². The molecule has 0 unspecified atom stereocenters.